The number of aromatic nitrogens is 3. The highest BCUT2D eigenvalue weighted by atomic mass is 79.9. The highest BCUT2D eigenvalue weighted by Gasteiger charge is 2.16. The van der Waals surface area contributed by atoms with Crippen LogP contribution in [0.25, 0.3) is 11.4 Å². The molecule has 0 aliphatic heterocycles. The van der Waals surface area contributed by atoms with Crippen molar-refractivity contribution in [2.75, 3.05) is 12.9 Å². The molecule has 1 aromatic heterocycles. The predicted octanol–water partition coefficient (Wildman–Crippen LogP) is 6.13. The van der Waals surface area contributed by atoms with Crippen LogP contribution in [-0.4, -0.2) is 33.4 Å². The molecule has 0 aliphatic rings. The summed E-state index contributed by atoms with van der Waals surface area (Å²) in [6, 6.07) is 15.4. The van der Waals surface area contributed by atoms with Crippen molar-refractivity contribution in [2.24, 2.45) is 5.92 Å². The summed E-state index contributed by atoms with van der Waals surface area (Å²) < 4.78 is 8.40. The van der Waals surface area contributed by atoms with Crippen LogP contribution in [0.2, 0.25) is 0 Å². The summed E-state index contributed by atoms with van der Waals surface area (Å²) in [5.74, 6) is 3.14. The smallest absolute Gasteiger partial charge is 0.191 e. The van der Waals surface area contributed by atoms with Gasteiger partial charge in [0.25, 0.3) is 0 Å². The standard InChI is InChI=1S/C23H26BrN3O2S/c1-16(2)15-27-22(18-8-12-20(29-3)13-9-18)25-26-23(27)30-14-4-5-21(28)17-6-10-19(24)11-7-17/h6-13,16H,4-5,14-15H2,1-3H3. The van der Waals surface area contributed by atoms with Crippen LogP contribution >= 0.6 is 27.7 Å². The summed E-state index contributed by atoms with van der Waals surface area (Å²) in [6.45, 7) is 5.21. The number of methoxy groups -OCH3 is 1. The number of carbonyl (C=O) groups excluding carboxylic acids is 1. The van der Waals surface area contributed by atoms with E-state index in [1.54, 1.807) is 18.9 Å². The number of ether oxygens (including phenoxy) is 1. The van der Waals surface area contributed by atoms with Crippen molar-refractivity contribution in [3.63, 3.8) is 0 Å². The quantitative estimate of drug-likeness (QED) is 0.195. The van der Waals surface area contributed by atoms with Gasteiger partial charge in [0.1, 0.15) is 5.75 Å². The zero-order valence-electron chi connectivity index (χ0n) is 17.5. The van der Waals surface area contributed by atoms with Gasteiger partial charge < -0.3 is 9.30 Å². The molecule has 0 spiro atoms. The third-order valence-electron chi connectivity index (χ3n) is 4.56. The fraction of sp³-hybridized carbons (Fsp3) is 0.348. The number of benzene rings is 2. The van der Waals surface area contributed by atoms with Crippen LogP contribution in [0.4, 0.5) is 0 Å². The largest absolute Gasteiger partial charge is 0.497 e. The molecule has 158 valence electrons. The molecule has 7 heteroatoms. The number of nitrogens with zero attached hydrogens (tertiary/aromatic N) is 3. The van der Waals surface area contributed by atoms with Gasteiger partial charge in [-0.2, -0.15) is 0 Å². The molecule has 0 unspecified atom stereocenters. The highest BCUT2D eigenvalue weighted by Crippen LogP contribution is 2.27. The molecule has 0 N–H and O–H groups in total. The van der Waals surface area contributed by atoms with E-state index in [1.807, 2.05) is 48.5 Å². The van der Waals surface area contributed by atoms with Crippen molar-refractivity contribution in [1.29, 1.82) is 0 Å². The van der Waals surface area contributed by atoms with E-state index in [0.717, 1.165) is 51.0 Å². The Balaban J connectivity index is 1.64. The fourth-order valence-corrected chi connectivity index (χ4v) is 4.21. The second-order valence-electron chi connectivity index (χ2n) is 7.42. The molecule has 0 fully saturated rings. The average molecular weight is 488 g/mol. The first-order valence-electron chi connectivity index (χ1n) is 9.97. The van der Waals surface area contributed by atoms with E-state index in [2.05, 4.69) is 44.5 Å². The summed E-state index contributed by atoms with van der Waals surface area (Å²) in [4.78, 5) is 12.4. The Morgan fingerprint density at radius 3 is 2.43 bits per heavy atom. The summed E-state index contributed by atoms with van der Waals surface area (Å²) in [6.07, 6.45) is 1.32. The van der Waals surface area contributed by atoms with E-state index in [9.17, 15) is 4.79 Å². The van der Waals surface area contributed by atoms with E-state index in [4.69, 9.17) is 4.74 Å². The molecule has 0 atom stereocenters. The van der Waals surface area contributed by atoms with Gasteiger partial charge in [-0.05, 0) is 48.7 Å². The monoisotopic (exact) mass is 487 g/mol. The van der Waals surface area contributed by atoms with Crippen LogP contribution in [-0.2, 0) is 6.54 Å². The van der Waals surface area contributed by atoms with Crippen molar-refractivity contribution >= 4 is 33.5 Å². The van der Waals surface area contributed by atoms with Gasteiger partial charge in [-0.15, -0.1) is 10.2 Å². The molecule has 1 heterocycles. The van der Waals surface area contributed by atoms with Gasteiger partial charge in [0.15, 0.2) is 16.8 Å². The molecule has 2 aromatic carbocycles. The zero-order valence-corrected chi connectivity index (χ0v) is 19.9. The Kier molecular flexibility index (Phi) is 8.10. The van der Waals surface area contributed by atoms with Crippen molar-refractivity contribution in [3.8, 4) is 17.1 Å². The molecule has 3 rings (SSSR count). The minimum Gasteiger partial charge on any atom is -0.497 e. The molecule has 0 saturated carbocycles. The fourth-order valence-electron chi connectivity index (χ4n) is 3.06. The molecule has 30 heavy (non-hydrogen) atoms. The van der Waals surface area contributed by atoms with Crippen molar-refractivity contribution in [2.45, 2.75) is 38.4 Å². The lowest BCUT2D eigenvalue weighted by Crippen LogP contribution is -2.08. The second kappa shape index (κ2) is 10.8. The number of carbonyl (C=O) groups is 1. The van der Waals surface area contributed by atoms with E-state index in [1.165, 1.54) is 0 Å². The van der Waals surface area contributed by atoms with Gasteiger partial charge in [-0.3, -0.25) is 4.79 Å². The molecular weight excluding hydrogens is 462 g/mol. The van der Waals surface area contributed by atoms with Crippen molar-refractivity contribution < 1.29 is 9.53 Å². The minimum atomic E-state index is 0.172. The number of hydrogen-bond acceptors (Lipinski definition) is 5. The van der Waals surface area contributed by atoms with E-state index in [-0.39, 0.29) is 5.78 Å². The Morgan fingerprint density at radius 1 is 1.10 bits per heavy atom. The first kappa shape index (κ1) is 22.6. The minimum absolute atomic E-state index is 0.172. The van der Waals surface area contributed by atoms with E-state index < -0.39 is 0 Å². The second-order valence-corrected chi connectivity index (χ2v) is 9.40. The van der Waals surface area contributed by atoms with Crippen LogP contribution in [0.15, 0.2) is 58.2 Å². The third-order valence-corrected chi connectivity index (χ3v) is 6.14. The number of thioether (sulfide) groups is 1. The first-order chi connectivity index (χ1) is 14.5. The predicted molar refractivity (Wildman–Crippen MR) is 125 cm³/mol. The molecular formula is C23H26BrN3O2S. The summed E-state index contributed by atoms with van der Waals surface area (Å²) in [7, 11) is 1.66. The third kappa shape index (κ3) is 5.95. The Labute approximate surface area is 190 Å². The SMILES string of the molecule is COc1ccc(-c2nnc(SCCCC(=O)c3ccc(Br)cc3)n2CC(C)C)cc1. The lowest BCUT2D eigenvalue weighted by atomic mass is 10.1. The van der Waals surface area contributed by atoms with E-state index >= 15 is 0 Å². The lowest BCUT2D eigenvalue weighted by molar-refractivity contribution is 0.0982. The van der Waals surface area contributed by atoms with E-state index in [0.29, 0.717) is 12.3 Å². The molecule has 3 aromatic rings. The number of hydrogen-bond donors (Lipinski definition) is 0. The topological polar surface area (TPSA) is 57.0 Å². The maximum atomic E-state index is 12.4. The summed E-state index contributed by atoms with van der Waals surface area (Å²) in [5, 5.41) is 9.77. The molecule has 0 amide bonds. The van der Waals surface area contributed by atoms with Gasteiger partial charge in [-0.25, -0.2) is 0 Å². The maximum absolute atomic E-state index is 12.4. The van der Waals surface area contributed by atoms with Gasteiger partial charge in [0.05, 0.1) is 7.11 Å². The molecule has 0 bridgehead atoms. The normalized spacial score (nSPS) is 11.1. The Morgan fingerprint density at radius 2 is 1.80 bits per heavy atom. The highest BCUT2D eigenvalue weighted by molar-refractivity contribution is 9.10. The number of Topliss-reactive ketones (excluding diaryl/α,β-unsaturated/α-hetero) is 1. The molecule has 0 aliphatic carbocycles. The van der Waals surface area contributed by atoms with Crippen LogP contribution in [0.3, 0.4) is 0 Å². The van der Waals surface area contributed by atoms with Gasteiger partial charge in [0.2, 0.25) is 0 Å². The molecule has 0 radical (unpaired) electrons. The first-order valence-corrected chi connectivity index (χ1v) is 11.7. The Hall–Kier alpha value is -2.12. The van der Waals surface area contributed by atoms with Crippen molar-refractivity contribution in [3.05, 3.63) is 58.6 Å². The lowest BCUT2D eigenvalue weighted by Gasteiger charge is -2.12. The summed E-state index contributed by atoms with van der Waals surface area (Å²) >= 11 is 5.05. The zero-order chi connectivity index (χ0) is 21.5. The molecule has 0 saturated heterocycles. The van der Waals surface area contributed by atoms with Gasteiger partial charge >= 0.3 is 0 Å². The number of halogens is 1. The maximum Gasteiger partial charge on any atom is 0.191 e. The van der Waals surface area contributed by atoms with Gasteiger partial charge in [-0.1, -0.05) is 53.7 Å². The Bertz CT molecular complexity index is 969. The molecule has 5 nitrogen and oxygen atoms in total. The number of rotatable bonds is 10. The van der Waals surface area contributed by atoms with Crippen LogP contribution in [0, 0.1) is 5.92 Å². The van der Waals surface area contributed by atoms with Crippen LogP contribution in [0.5, 0.6) is 5.75 Å². The average Bonchev–Trinajstić information content (AvgIpc) is 3.13. The summed E-state index contributed by atoms with van der Waals surface area (Å²) in [5.41, 5.74) is 1.77. The van der Waals surface area contributed by atoms with Gasteiger partial charge in [0, 0.05) is 34.3 Å². The van der Waals surface area contributed by atoms with Crippen LogP contribution in [0.1, 0.15) is 37.0 Å². The van der Waals surface area contributed by atoms with Crippen LogP contribution < -0.4 is 4.74 Å². The van der Waals surface area contributed by atoms with Crippen molar-refractivity contribution in [1.82, 2.24) is 14.8 Å². The number of ketones is 1.